The number of anilines is 1. The Bertz CT molecular complexity index is 1130. The summed E-state index contributed by atoms with van der Waals surface area (Å²) in [5.41, 5.74) is 3.83. The monoisotopic (exact) mass is 404 g/mol. The fraction of sp³-hybridized carbons (Fsp3) is 0.261. The quantitative estimate of drug-likeness (QED) is 0.427. The number of aryl methyl sites for hydroxylation is 1. The standard InChI is InChI=1S/C23H24N4OS/c1-4-17-10-11-19-21(14-17)29-23(25-19)26(15-18-8-6-5-7-9-18)22(28)20-12-13-24-27(20)16(2)3/h5-14,16H,4,15H2,1-3H3. The third-order valence-corrected chi connectivity index (χ3v) is 5.93. The number of aromatic nitrogens is 3. The van der Waals surface area contributed by atoms with Crippen molar-refractivity contribution in [1.29, 1.82) is 0 Å². The van der Waals surface area contributed by atoms with Crippen LogP contribution in [-0.2, 0) is 13.0 Å². The average Bonchev–Trinajstić information content (AvgIpc) is 3.38. The number of carbonyl (C=O) groups is 1. The van der Waals surface area contributed by atoms with Gasteiger partial charge in [-0.05, 0) is 49.6 Å². The lowest BCUT2D eigenvalue weighted by Gasteiger charge is -2.21. The van der Waals surface area contributed by atoms with E-state index in [0.717, 1.165) is 22.2 Å². The van der Waals surface area contributed by atoms with Crippen molar-refractivity contribution in [1.82, 2.24) is 14.8 Å². The lowest BCUT2D eigenvalue weighted by Crippen LogP contribution is -2.32. The zero-order chi connectivity index (χ0) is 20.4. The lowest BCUT2D eigenvalue weighted by molar-refractivity contribution is 0.0973. The Morgan fingerprint density at radius 1 is 1.10 bits per heavy atom. The highest BCUT2D eigenvalue weighted by Crippen LogP contribution is 2.32. The molecule has 6 heteroatoms. The van der Waals surface area contributed by atoms with Gasteiger partial charge in [-0.2, -0.15) is 5.10 Å². The van der Waals surface area contributed by atoms with Gasteiger partial charge in [0.15, 0.2) is 5.13 Å². The van der Waals surface area contributed by atoms with Crippen LogP contribution in [0, 0.1) is 0 Å². The van der Waals surface area contributed by atoms with E-state index in [9.17, 15) is 4.79 Å². The topological polar surface area (TPSA) is 51.0 Å². The predicted octanol–water partition coefficient (Wildman–Crippen LogP) is 5.48. The van der Waals surface area contributed by atoms with Crippen LogP contribution in [0.4, 0.5) is 5.13 Å². The van der Waals surface area contributed by atoms with Crippen molar-refractivity contribution in [3.05, 3.63) is 77.6 Å². The summed E-state index contributed by atoms with van der Waals surface area (Å²) in [6.07, 6.45) is 2.66. The summed E-state index contributed by atoms with van der Waals surface area (Å²) in [6.45, 7) is 6.65. The van der Waals surface area contributed by atoms with Crippen molar-refractivity contribution in [2.75, 3.05) is 4.90 Å². The van der Waals surface area contributed by atoms with E-state index in [4.69, 9.17) is 4.98 Å². The molecule has 0 spiro atoms. The molecular weight excluding hydrogens is 380 g/mol. The molecule has 0 bridgehead atoms. The first-order chi connectivity index (χ1) is 14.1. The summed E-state index contributed by atoms with van der Waals surface area (Å²) in [4.78, 5) is 20.1. The number of fused-ring (bicyclic) bond motifs is 1. The van der Waals surface area contributed by atoms with Gasteiger partial charge in [0.2, 0.25) is 0 Å². The molecule has 0 radical (unpaired) electrons. The summed E-state index contributed by atoms with van der Waals surface area (Å²) in [5, 5.41) is 5.04. The van der Waals surface area contributed by atoms with E-state index in [2.05, 4.69) is 24.2 Å². The van der Waals surface area contributed by atoms with Crippen LogP contribution in [0.1, 0.15) is 48.4 Å². The Balaban J connectivity index is 1.78. The molecule has 5 nitrogen and oxygen atoms in total. The molecular formula is C23H24N4OS. The van der Waals surface area contributed by atoms with Gasteiger partial charge in [0.05, 0.1) is 16.8 Å². The second-order valence-corrected chi connectivity index (χ2v) is 8.29. The first-order valence-corrected chi connectivity index (χ1v) is 10.7. The second-order valence-electron chi connectivity index (χ2n) is 7.28. The molecule has 1 amide bonds. The lowest BCUT2D eigenvalue weighted by atomic mass is 10.2. The van der Waals surface area contributed by atoms with Gasteiger partial charge >= 0.3 is 0 Å². The summed E-state index contributed by atoms with van der Waals surface area (Å²) in [7, 11) is 0. The molecule has 0 N–H and O–H groups in total. The van der Waals surface area contributed by atoms with Gasteiger partial charge in [-0.3, -0.25) is 14.4 Å². The summed E-state index contributed by atoms with van der Waals surface area (Å²) < 4.78 is 2.87. The highest BCUT2D eigenvalue weighted by molar-refractivity contribution is 7.22. The average molecular weight is 405 g/mol. The van der Waals surface area contributed by atoms with Crippen molar-refractivity contribution in [2.24, 2.45) is 0 Å². The van der Waals surface area contributed by atoms with Crippen molar-refractivity contribution >= 4 is 32.6 Å². The maximum absolute atomic E-state index is 13.6. The van der Waals surface area contributed by atoms with Gasteiger partial charge in [-0.1, -0.05) is 54.7 Å². The maximum atomic E-state index is 13.6. The number of rotatable bonds is 6. The Morgan fingerprint density at radius 3 is 2.62 bits per heavy atom. The fourth-order valence-corrected chi connectivity index (χ4v) is 4.34. The summed E-state index contributed by atoms with van der Waals surface area (Å²) in [6, 6.07) is 18.2. The maximum Gasteiger partial charge on any atom is 0.278 e. The molecule has 2 aromatic carbocycles. The minimum absolute atomic E-state index is 0.0881. The van der Waals surface area contributed by atoms with Gasteiger partial charge < -0.3 is 0 Å². The van der Waals surface area contributed by atoms with Crippen molar-refractivity contribution < 1.29 is 4.79 Å². The minimum atomic E-state index is -0.0881. The molecule has 0 aliphatic carbocycles. The number of hydrogen-bond acceptors (Lipinski definition) is 4. The number of benzene rings is 2. The van der Waals surface area contributed by atoms with E-state index in [-0.39, 0.29) is 11.9 Å². The molecule has 0 aliphatic rings. The zero-order valence-corrected chi connectivity index (χ0v) is 17.7. The first kappa shape index (κ1) is 19.3. The molecule has 0 atom stereocenters. The van der Waals surface area contributed by atoms with Crippen LogP contribution in [0.25, 0.3) is 10.2 Å². The molecule has 0 unspecified atom stereocenters. The number of carbonyl (C=O) groups excluding carboxylic acids is 1. The summed E-state index contributed by atoms with van der Waals surface area (Å²) >= 11 is 1.56. The third kappa shape index (κ3) is 3.93. The van der Waals surface area contributed by atoms with Gasteiger partial charge in [-0.15, -0.1) is 0 Å². The van der Waals surface area contributed by atoms with Crippen LogP contribution in [0.3, 0.4) is 0 Å². The molecule has 0 saturated carbocycles. The minimum Gasteiger partial charge on any atom is -0.278 e. The number of hydrogen-bond donors (Lipinski definition) is 0. The molecule has 2 heterocycles. The zero-order valence-electron chi connectivity index (χ0n) is 16.9. The van der Waals surface area contributed by atoms with E-state index in [1.807, 2.05) is 50.2 Å². The highest BCUT2D eigenvalue weighted by Gasteiger charge is 2.25. The molecule has 29 heavy (non-hydrogen) atoms. The van der Waals surface area contributed by atoms with Gasteiger partial charge in [0.1, 0.15) is 5.69 Å². The molecule has 4 rings (SSSR count). The van der Waals surface area contributed by atoms with Crippen LogP contribution in [-0.4, -0.2) is 20.7 Å². The molecule has 0 fully saturated rings. The SMILES string of the molecule is CCc1ccc2nc(N(Cc3ccccc3)C(=O)c3ccnn3C(C)C)sc2c1. The van der Waals surface area contributed by atoms with Crippen LogP contribution in [0.5, 0.6) is 0 Å². The van der Waals surface area contributed by atoms with Crippen LogP contribution in [0.2, 0.25) is 0 Å². The van der Waals surface area contributed by atoms with Crippen molar-refractivity contribution in [2.45, 2.75) is 39.8 Å². The number of thiazole rings is 1. The third-order valence-electron chi connectivity index (χ3n) is 4.89. The highest BCUT2D eigenvalue weighted by atomic mass is 32.1. The second kappa shape index (κ2) is 8.17. The van der Waals surface area contributed by atoms with Crippen LogP contribution in [0.15, 0.2) is 60.8 Å². The fourth-order valence-electron chi connectivity index (χ4n) is 3.32. The molecule has 4 aromatic rings. The normalized spacial score (nSPS) is 11.3. The number of amides is 1. The van der Waals surface area contributed by atoms with Crippen molar-refractivity contribution in [3.8, 4) is 0 Å². The van der Waals surface area contributed by atoms with E-state index in [1.165, 1.54) is 5.56 Å². The Morgan fingerprint density at radius 2 is 1.90 bits per heavy atom. The summed E-state index contributed by atoms with van der Waals surface area (Å²) in [5.74, 6) is -0.0881. The molecule has 148 valence electrons. The molecule has 0 aliphatic heterocycles. The van der Waals surface area contributed by atoms with Crippen LogP contribution < -0.4 is 4.90 Å². The largest absolute Gasteiger partial charge is 0.278 e. The van der Waals surface area contributed by atoms with E-state index in [0.29, 0.717) is 17.4 Å². The van der Waals surface area contributed by atoms with Gasteiger partial charge in [0.25, 0.3) is 5.91 Å². The predicted molar refractivity (Wildman–Crippen MR) is 119 cm³/mol. The van der Waals surface area contributed by atoms with E-state index >= 15 is 0 Å². The van der Waals surface area contributed by atoms with E-state index < -0.39 is 0 Å². The molecule has 0 saturated heterocycles. The molecule has 2 aromatic heterocycles. The van der Waals surface area contributed by atoms with Crippen molar-refractivity contribution in [3.63, 3.8) is 0 Å². The number of nitrogens with zero attached hydrogens (tertiary/aromatic N) is 4. The smallest absolute Gasteiger partial charge is 0.278 e. The Kier molecular flexibility index (Phi) is 5.45. The Hall–Kier alpha value is -2.99. The Labute approximate surface area is 174 Å². The van der Waals surface area contributed by atoms with Gasteiger partial charge in [0, 0.05) is 12.2 Å². The van der Waals surface area contributed by atoms with Gasteiger partial charge in [-0.25, -0.2) is 4.98 Å². The van der Waals surface area contributed by atoms with Crippen LogP contribution >= 0.6 is 11.3 Å². The first-order valence-electron chi connectivity index (χ1n) is 9.85. The van der Waals surface area contributed by atoms with E-state index in [1.54, 1.807) is 33.2 Å².